The zero-order chi connectivity index (χ0) is 9.14. The molecule has 0 unspecified atom stereocenters. The number of nitrogen functional groups attached to an aromatic ring is 1. The van der Waals surface area contributed by atoms with Gasteiger partial charge in [0.2, 0.25) is 0 Å². The molecule has 0 radical (unpaired) electrons. The standard InChI is InChI=1S/C9H13FN2/c1-6(11)4-7-5-8(12)2-3-9(7)10/h2-3,5-6H,4,11-12H2,1H3/t6-/m1/s1. The molecular weight excluding hydrogens is 155 g/mol. The highest BCUT2D eigenvalue weighted by Gasteiger charge is 2.04. The largest absolute Gasteiger partial charge is 0.399 e. The van der Waals surface area contributed by atoms with Crippen LogP contribution in [0.25, 0.3) is 0 Å². The van der Waals surface area contributed by atoms with E-state index in [9.17, 15) is 4.39 Å². The maximum absolute atomic E-state index is 13.0. The van der Waals surface area contributed by atoms with E-state index in [2.05, 4.69) is 0 Å². The molecular formula is C9H13FN2. The molecule has 0 fully saturated rings. The molecule has 0 heterocycles. The zero-order valence-electron chi connectivity index (χ0n) is 7.05. The topological polar surface area (TPSA) is 52.0 Å². The summed E-state index contributed by atoms with van der Waals surface area (Å²) in [6.07, 6.45) is 0.525. The van der Waals surface area contributed by atoms with Crippen LogP contribution in [0, 0.1) is 5.82 Å². The summed E-state index contributed by atoms with van der Waals surface area (Å²) >= 11 is 0. The Morgan fingerprint density at radius 1 is 1.50 bits per heavy atom. The molecule has 0 aliphatic carbocycles. The number of benzene rings is 1. The van der Waals surface area contributed by atoms with E-state index in [-0.39, 0.29) is 11.9 Å². The average Bonchev–Trinajstić information content (AvgIpc) is 1.96. The molecule has 4 N–H and O–H groups in total. The van der Waals surface area contributed by atoms with E-state index >= 15 is 0 Å². The Hall–Kier alpha value is -1.09. The molecule has 1 atom stereocenters. The molecule has 0 bridgehead atoms. The summed E-state index contributed by atoms with van der Waals surface area (Å²) in [5, 5.41) is 0. The molecule has 0 aliphatic heterocycles. The van der Waals surface area contributed by atoms with Gasteiger partial charge in [-0.1, -0.05) is 0 Å². The van der Waals surface area contributed by atoms with Crippen LogP contribution >= 0.6 is 0 Å². The minimum absolute atomic E-state index is 0.0405. The van der Waals surface area contributed by atoms with Gasteiger partial charge >= 0.3 is 0 Å². The molecule has 2 nitrogen and oxygen atoms in total. The Balaban J connectivity index is 2.90. The summed E-state index contributed by atoms with van der Waals surface area (Å²) in [5.41, 5.74) is 12.2. The number of hydrogen-bond acceptors (Lipinski definition) is 2. The number of hydrogen-bond donors (Lipinski definition) is 2. The summed E-state index contributed by atoms with van der Waals surface area (Å²) in [6.45, 7) is 1.84. The molecule has 0 saturated heterocycles. The third kappa shape index (κ3) is 2.20. The van der Waals surface area contributed by atoms with E-state index in [4.69, 9.17) is 11.5 Å². The second kappa shape index (κ2) is 3.54. The predicted octanol–water partition coefficient (Wildman–Crippen LogP) is 1.30. The highest BCUT2D eigenvalue weighted by atomic mass is 19.1. The van der Waals surface area contributed by atoms with Gasteiger partial charge in [0, 0.05) is 11.7 Å². The summed E-state index contributed by atoms with van der Waals surface area (Å²) in [4.78, 5) is 0. The van der Waals surface area contributed by atoms with Gasteiger partial charge in [-0.2, -0.15) is 0 Å². The molecule has 0 saturated carbocycles. The first-order valence-electron chi connectivity index (χ1n) is 3.89. The predicted molar refractivity (Wildman–Crippen MR) is 48.2 cm³/mol. The minimum atomic E-state index is -0.235. The molecule has 0 amide bonds. The third-order valence-corrected chi connectivity index (χ3v) is 1.61. The van der Waals surface area contributed by atoms with Crippen molar-refractivity contribution in [2.45, 2.75) is 19.4 Å². The van der Waals surface area contributed by atoms with Crippen LogP contribution in [-0.2, 0) is 6.42 Å². The van der Waals surface area contributed by atoms with Crippen LogP contribution in [0.2, 0.25) is 0 Å². The van der Waals surface area contributed by atoms with Crippen molar-refractivity contribution >= 4 is 5.69 Å². The van der Waals surface area contributed by atoms with Crippen molar-refractivity contribution in [2.75, 3.05) is 5.73 Å². The van der Waals surface area contributed by atoms with Crippen LogP contribution < -0.4 is 11.5 Å². The Kier molecular flexibility index (Phi) is 2.65. The Labute approximate surface area is 71.4 Å². The van der Waals surface area contributed by atoms with Crippen LogP contribution in [-0.4, -0.2) is 6.04 Å². The fraction of sp³-hybridized carbons (Fsp3) is 0.333. The molecule has 1 rings (SSSR count). The SMILES string of the molecule is C[C@@H](N)Cc1cc(N)ccc1F. The lowest BCUT2D eigenvalue weighted by atomic mass is 10.1. The van der Waals surface area contributed by atoms with Gasteiger partial charge in [-0.05, 0) is 37.1 Å². The second-order valence-corrected chi connectivity index (χ2v) is 3.03. The summed E-state index contributed by atoms with van der Waals surface area (Å²) in [6, 6.07) is 4.49. The molecule has 0 aliphatic rings. The number of rotatable bonds is 2. The van der Waals surface area contributed by atoms with E-state index in [1.165, 1.54) is 6.07 Å². The van der Waals surface area contributed by atoms with E-state index < -0.39 is 0 Å². The van der Waals surface area contributed by atoms with Gasteiger partial charge in [0.15, 0.2) is 0 Å². The third-order valence-electron chi connectivity index (χ3n) is 1.61. The van der Waals surface area contributed by atoms with Gasteiger partial charge in [0.1, 0.15) is 5.82 Å². The van der Waals surface area contributed by atoms with E-state index in [0.717, 1.165) is 0 Å². The highest BCUT2D eigenvalue weighted by molar-refractivity contribution is 5.41. The van der Waals surface area contributed by atoms with E-state index in [1.807, 2.05) is 6.92 Å². The van der Waals surface area contributed by atoms with Crippen molar-refractivity contribution in [1.29, 1.82) is 0 Å². The lowest BCUT2D eigenvalue weighted by Crippen LogP contribution is -2.18. The Bertz CT molecular complexity index is 271. The van der Waals surface area contributed by atoms with Gasteiger partial charge in [0.25, 0.3) is 0 Å². The van der Waals surface area contributed by atoms with Crippen LogP contribution in [0.15, 0.2) is 18.2 Å². The Morgan fingerprint density at radius 3 is 2.75 bits per heavy atom. The normalized spacial score (nSPS) is 12.9. The zero-order valence-corrected chi connectivity index (χ0v) is 7.05. The first kappa shape index (κ1) is 9.00. The molecule has 12 heavy (non-hydrogen) atoms. The number of nitrogens with two attached hydrogens (primary N) is 2. The molecule has 0 aromatic heterocycles. The van der Waals surface area contributed by atoms with Gasteiger partial charge in [0.05, 0.1) is 0 Å². The summed E-state index contributed by atoms with van der Waals surface area (Å²) in [5.74, 6) is -0.235. The lowest BCUT2D eigenvalue weighted by Gasteiger charge is -2.06. The smallest absolute Gasteiger partial charge is 0.126 e. The molecule has 3 heteroatoms. The maximum Gasteiger partial charge on any atom is 0.126 e. The fourth-order valence-corrected chi connectivity index (χ4v) is 1.10. The van der Waals surface area contributed by atoms with Crippen molar-refractivity contribution in [3.63, 3.8) is 0 Å². The first-order valence-corrected chi connectivity index (χ1v) is 3.89. The molecule has 1 aromatic rings. The Morgan fingerprint density at radius 2 is 2.17 bits per heavy atom. The molecule has 0 spiro atoms. The molecule has 1 aromatic carbocycles. The average molecular weight is 168 g/mol. The number of anilines is 1. The van der Waals surface area contributed by atoms with Crippen LogP contribution in [0.5, 0.6) is 0 Å². The summed E-state index contributed by atoms with van der Waals surface area (Å²) in [7, 11) is 0. The van der Waals surface area contributed by atoms with Gasteiger partial charge in [-0.25, -0.2) is 4.39 Å². The summed E-state index contributed by atoms with van der Waals surface area (Å²) < 4.78 is 13.0. The highest BCUT2D eigenvalue weighted by Crippen LogP contribution is 2.13. The van der Waals surface area contributed by atoms with Gasteiger partial charge in [-0.15, -0.1) is 0 Å². The first-order chi connectivity index (χ1) is 5.59. The van der Waals surface area contributed by atoms with E-state index in [1.54, 1.807) is 12.1 Å². The van der Waals surface area contributed by atoms with Gasteiger partial charge in [-0.3, -0.25) is 0 Å². The van der Waals surface area contributed by atoms with Crippen LogP contribution in [0.1, 0.15) is 12.5 Å². The van der Waals surface area contributed by atoms with Crippen molar-refractivity contribution in [1.82, 2.24) is 0 Å². The quantitative estimate of drug-likeness (QED) is 0.654. The second-order valence-electron chi connectivity index (χ2n) is 3.03. The van der Waals surface area contributed by atoms with Crippen LogP contribution in [0.4, 0.5) is 10.1 Å². The van der Waals surface area contributed by atoms with Crippen molar-refractivity contribution < 1.29 is 4.39 Å². The molecule has 66 valence electrons. The number of halogens is 1. The lowest BCUT2D eigenvalue weighted by molar-refractivity contribution is 0.596. The van der Waals surface area contributed by atoms with Crippen molar-refractivity contribution in [3.05, 3.63) is 29.6 Å². The van der Waals surface area contributed by atoms with Gasteiger partial charge < -0.3 is 11.5 Å². The van der Waals surface area contributed by atoms with E-state index in [0.29, 0.717) is 17.7 Å². The monoisotopic (exact) mass is 168 g/mol. The van der Waals surface area contributed by atoms with Crippen molar-refractivity contribution in [3.8, 4) is 0 Å². The van der Waals surface area contributed by atoms with Crippen LogP contribution in [0.3, 0.4) is 0 Å². The maximum atomic E-state index is 13.0. The minimum Gasteiger partial charge on any atom is -0.399 e. The fourth-order valence-electron chi connectivity index (χ4n) is 1.10. The van der Waals surface area contributed by atoms with Crippen molar-refractivity contribution in [2.24, 2.45) is 5.73 Å².